The van der Waals surface area contributed by atoms with Crippen LogP contribution in [0.25, 0.3) is 0 Å². The third-order valence-electron chi connectivity index (χ3n) is 14.1. The van der Waals surface area contributed by atoms with Crippen LogP contribution in [-0.2, 0) is 28.6 Å². The summed E-state index contributed by atoms with van der Waals surface area (Å²) in [7, 11) is 0. The molecule has 0 N–H and O–H groups in total. The van der Waals surface area contributed by atoms with Crippen molar-refractivity contribution in [1.29, 1.82) is 0 Å². The van der Waals surface area contributed by atoms with E-state index in [1.807, 2.05) is 0 Å². The molecule has 0 amide bonds. The third-order valence-corrected chi connectivity index (χ3v) is 14.1. The third kappa shape index (κ3) is 66.2. The maximum atomic E-state index is 12.9. The van der Waals surface area contributed by atoms with Gasteiger partial charge in [-0.2, -0.15) is 0 Å². The fraction of sp³-hybridized carbons (Fsp3) is 0.667. The molecule has 0 aromatic carbocycles. The van der Waals surface area contributed by atoms with E-state index in [2.05, 4.69) is 154 Å². The molecule has 0 fully saturated rings. The second kappa shape index (κ2) is 68.1. The summed E-state index contributed by atoms with van der Waals surface area (Å²) in [5, 5.41) is 0. The zero-order valence-corrected chi connectivity index (χ0v) is 52.8. The van der Waals surface area contributed by atoms with E-state index in [0.717, 1.165) is 141 Å². The van der Waals surface area contributed by atoms with Gasteiger partial charge in [0.05, 0.1) is 0 Å². The van der Waals surface area contributed by atoms with Crippen molar-refractivity contribution >= 4 is 17.9 Å². The number of ether oxygens (including phenoxy) is 3. The molecule has 0 rings (SSSR count). The maximum Gasteiger partial charge on any atom is 0.306 e. The first-order valence-electron chi connectivity index (χ1n) is 33.7. The quantitative estimate of drug-likeness (QED) is 0.0261. The molecule has 0 bridgehead atoms. The number of carbonyl (C=O) groups is 3. The smallest absolute Gasteiger partial charge is 0.306 e. The number of carbonyl (C=O) groups excluding carboxylic acids is 3. The van der Waals surface area contributed by atoms with E-state index in [0.29, 0.717) is 19.3 Å². The molecule has 0 saturated carbocycles. The molecule has 0 radical (unpaired) electrons. The summed E-state index contributed by atoms with van der Waals surface area (Å²) in [5.41, 5.74) is 0. The molecule has 0 spiro atoms. The maximum absolute atomic E-state index is 12.9. The van der Waals surface area contributed by atoms with Crippen molar-refractivity contribution in [2.75, 3.05) is 13.2 Å². The molecule has 6 heteroatoms. The molecular weight excluding hydrogens is 997 g/mol. The summed E-state index contributed by atoms with van der Waals surface area (Å²) in [6.07, 6.45) is 96.0. The van der Waals surface area contributed by atoms with Gasteiger partial charge >= 0.3 is 17.9 Å². The molecule has 6 nitrogen and oxygen atoms in total. The topological polar surface area (TPSA) is 78.9 Å². The first-order valence-corrected chi connectivity index (χ1v) is 33.7. The monoisotopic (exact) mass is 1120 g/mol. The Morgan fingerprint density at radius 1 is 0.259 bits per heavy atom. The fourth-order valence-corrected chi connectivity index (χ4v) is 9.14. The lowest BCUT2D eigenvalue weighted by Crippen LogP contribution is -2.30. The molecule has 0 aliphatic carbocycles. The highest BCUT2D eigenvalue weighted by Crippen LogP contribution is 2.16. The largest absolute Gasteiger partial charge is 0.462 e. The van der Waals surface area contributed by atoms with Crippen molar-refractivity contribution in [3.05, 3.63) is 134 Å². The van der Waals surface area contributed by atoms with Crippen LogP contribution in [0.4, 0.5) is 0 Å². The lowest BCUT2D eigenvalue weighted by Gasteiger charge is -2.18. The second-order valence-electron chi connectivity index (χ2n) is 22.0. The van der Waals surface area contributed by atoms with Gasteiger partial charge < -0.3 is 14.2 Å². The first-order chi connectivity index (χ1) is 40.0. The lowest BCUT2D eigenvalue weighted by molar-refractivity contribution is -0.167. The molecule has 0 saturated heterocycles. The van der Waals surface area contributed by atoms with E-state index in [1.54, 1.807) is 0 Å². The summed E-state index contributed by atoms with van der Waals surface area (Å²) in [6.45, 7) is 6.39. The molecule has 1 atom stereocenters. The summed E-state index contributed by atoms with van der Waals surface area (Å²) in [4.78, 5) is 38.4. The highest BCUT2D eigenvalue weighted by atomic mass is 16.6. The van der Waals surface area contributed by atoms with Crippen LogP contribution < -0.4 is 0 Å². The Morgan fingerprint density at radius 3 is 0.753 bits per heavy atom. The van der Waals surface area contributed by atoms with Crippen molar-refractivity contribution in [1.82, 2.24) is 0 Å². The minimum atomic E-state index is -0.797. The van der Waals surface area contributed by atoms with Crippen molar-refractivity contribution < 1.29 is 28.6 Å². The Hall–Kier alpha value is -4.45. The van der Waals surface area contributed by atoms with Crippen LogP contribution in [0.1, 0.15) is 303 Å². The normalized spacial score (nSPS) is 13.0. The number of hydrogen-bond acceptors (Lipinski definition) is 6. The molecule has 0 aromatic rings. The van der Waals surface area contributed by atoms with Crippen molar-refractivity contribution in [2.24, 2.45) is 0 Å². The zero-order valence-electron chi connectivity index (χ0n) is 52.8. The van der Waals surface area contributed by atoms with E-state index >= 15 is 0 Å². The average molecular weight is 1120 g/mol. The minimum absolute atomic E-state index is 0.0908. The van der Waals surface area contributed by atoms with Crippen LogP contribution >= 0.6 is 0 Å². The van der Waals surface area contributed by atoms with E-state index in [4.69, 9.17) is 14.2 Å². The number of rotatable bonds is 60. The summed E-state index contributed by atoms with van der Waals surface area (Å²) in [6, 6.07) is 0. The highest BCUT2D eigenvalue weighted by molar-refractivity contribution is 5.71. The second-order valence-corrected chi connectivity index (χ2v) is 22.0. The van der Waals surface area contributed by atoms with Crippen LogP contribution in [0.2, 0.25) is 0 Å². The predicted octanol–water partition coefficient (Wildman–Crippen LogP) is 23.3. The number of hydrogen-bond donors (Lipinski definition) is 0. The number of unbranched alkanes of at least 4 members (excludes halogenated alkanes) is 27. The lowest BCUT2D eigenvalue weighted by atomic mass is 10.0. The van der Waals surface area contributed by atoms with Crippen molar-refractivity contribution in [3.8, 4) is 0 Å². The molecule has 81 heavy (non-hydrogen) atoms. The standard InChI is InChI=1S/C75H124O6/c1-4-7-10-13-16-19-22-25-28-31-33-34-35-36-37-38-39-40-42-44-47-50-53-56-59-62-65-68-74(77)80-71-72(70-79-73(76)67-64-61-58-55-52-49-46-43-30-27-24-21-18-15-12-9-6-3)81-75(78)69-66-63-60-57-54-51-48-45-41-32-29-26-23-20-17-14-11-8-5-2/h7-8,10-11,16-21,25-30,33-34,36-37,41,45,72H,4-6,9,12-15,22-24,31-32,35,38-40,42-44,46-71H2,1-3H3/b10-7-,11-8-,19-16-,20-17-,21-18-,28-25-,29-26-,30-27-,34-33-,37-36-,45-41-. The van der Waals surface area contributed by atoms with Gasteiger partial charge in [-0.25, -0.2) is 0 Å². The Morgan fingerprint density at radius 2 is 0.481 bits per heavy atom. The van der Waals surface area contributed by atoms with Gasteiger partial charge in [0.15, 0.2) is 6.10 Å². The number of esters is 3. The highest BCUT2D eigenvalue weighted by Gasteiger charge is 2.19. The Bertz CT molecular complexity index is 1720. The van der Waals surface area contributed by atoms with Gasteiger partial charge in [0.1, 0.15) is 13.2 Å². The van der Waals surface area contributed by atoms with E-state index in [-0.39, 0.29) is 31.1 Å². The molecule has 0 aromatic heterocycles. The first kappa shape index (κ1) is 76.5. The summed E-state index contributed by atoms with van der Waals surface area (Å²) in [5.74, 6) is -0.909. The van der Waals surface area contributed by atoms with Gasteiger partial charge in [-0.05, 0) is 135 Å². The zero-order chi connectivity index (χ0) is 58.5. The van der Waals surface area contributed by atoms with Gasteiger partial charge in [0, 0.05) is 19.3 Å². The van der Waals surface area contributed by atoms with Crippen LogP contribution in [0.15, 0.2) is 134 Å². The molecule has 0 heterocycles. The fourth-order valence-electron chi connectivity index (χ4n) is 9.14. The summed E-state index contributed by atoms with van der Waals surface area (Å²) < 4.78 is 17.0. The van der Waals surface area contributed by atoms with Gasteiger partial charge in [-0.1, -0.05) is 283 Å². The van der Waals surface area contributed by atoms with Crippen LogP contribution in [0, 0.1) is 0 Å². The Kier molecular flexibility index (Phi) is 64.3. The predicted molar refractivity (Wildman–Crippen MR) is 353 cm³/mol. The molecule has 0 aliphatic rings. The minimum Gasteiger partial charge on any atom is -0.462 e. The average Bonchev–Trinajstić information content (AvgIpc) is 3.47. The van der Waals surface area contributed by atoms with Crippen LogP contribution in [0.3, 0.4) is 0 Å². The SMILES string of the molecule is CC/C=C\C/C=C\C/C=C\C/C=C\C/C=C\CCCCCCCCCCCCCC(=O)OCC(COC(=O)CCCCCCCCC/C=C\C/C=C\CCCCC)OC(=O)CCCCCCCC/C=C\C/C=C\C/C=C\C/C=C\CC. The van der Waals surface area contributed by atoms with Gasteiger partial charge in [-0.3, -0.25) is 14.4 Å². The Balaban J connectivity index is 4.39. The van der Waals surface area contributed by atoms with E-state index in [1.165, 1.54) is 122 Å². The Labute approximate surface area is 500 Å². The van der Waals surface area contributed by atoms with Crippen LogP contribution in [-0.4, -0.2) is 37.2 Å². The van der Waals surface area contributed by atoms with E-state index in [9.17, 15) is 14.4 Å². The number of allylic oxidation sites excluding steroid dienone is 22. The van der Waals surface area contributed by atoms with Gasteiger partial charge in [0.2, 0.25) is 0 Å². The van der Waals surface area contributed by atoms with Crippen LogP contribution in [0.5, 0.6) is 0 Å². The summed E-state index contributed by atoms with van der Waals surface area (Å²) >= 11 is 0. The van der Waals surface area contributed by atoms with Crippen molar-refractivity contribution in [2.45, 2.75) is 309 Å². The molecule has 1 unspecified atom stereocenters. The van der Waals surface area contributed by atoms with E-state index < -0.39 is 6.10 Å². The molecular formula is C75H124O6. The van der Waals surface area contributed by atoms with Crippen molar-refractivity contribution in [3.63, 3.8) is 0 Å². The van der Waals surface area contributed by atoms with Gasteiger partial charge in [0.25, 0.3) is 0 Å². The molecule has 0 aliphatic heterocycles. The molecule has 460 valence electrons. The van der Waals surface area contributed by atoms with Gasteiger partial charge in [-0.15, -0.1) is 0 Å².